The van der Waals surface area contributed by atoms with Gasteiger partial charge in [-0.3, -0.25) is 9.11 Å². The molecule has 1 heterocycles. The fourth-order valence-corrected chi connectivity index (χ4v) is 3.86. The summed E-state index contributed by atoms with van der Waals surface area (Å²) < 4.78 is 27.8. The smallest absolute Gasteiger partial charge is 0.303 e. The molecule has 6 heteroatoms. The second-order valence-electron chi connectivity index (χ2n) is 4.94. The van der Waals surface area contributed by atoms with Crippen LogP contribution < -0.4 is 0 Å². The van der Waals surface area contributed by atoms with Crippen LogP contribution in [0.2, 0.25) is 0 Å². The average Bonchev–Trinajstić information content (AvgIpc) is 2.78. The van der Waals surface area contributed by atoms with Crippen molar-refractivity contribution in [3.8, 4) is 0 Å². The highest BCUT2D eigenvalue weighted by Gasteiger charge is 2.10. The van der Waals surface area contributed by atoms with Gasteiger partial charge in [0, 0.05) is 6.42 Å². The summed E-state index contributed by atoms with van der Waals surface area (Å²) >= 11 is 0. The summed E-state index contributed by atoms with van der Waals surface area (Å²) in [6.45, 7) is 3.84. The van der Waals surface area contributed by atoms with E-state index in [-0.39, 0.29) is 0 Å². The van der Waals surface area contributed by atoms with E-state index in [1.807, 2.05) is 0 Å². The summed E-state index contributed by atoms with van der Waals surface area (Å²) in [5.41, 5.74) is 0. The molecule has 0 aromatic heterocycles. The van der Waals surface area contributed by atoms with Gasteiger partial charge in [-0.1, -0.05) is 19.3 Å². The maximum Gasteiger partial charge on any atom is 0.430 e. The molecule has 108 valence electrons. The Kier molecular flexibility index (Phi) is 8.33. The number of hydrogen-bond acceptors (Lipinski definition) is 2. The first-order valence-electron chi connectivity index (χ1n) is 6.94. The molecule has 0 aliphatic carbocycles. The molecular formula is C12H26NO3S2+. The van der Waals surface area contributed by atoms with Crippen molar-refractivity contribution in [1.82, 2.24) is 4.90 Å². The normalized spacial score (nSPS) is 17.2. The monoisotopic (exact) mass is 296 g/mol. The molecule has 4 nitrogen and oxygen atoms in total. The van der Waals surface area contributed by atoms with E-state index in [0.717, 1.165) is 23.2 Å². The second-order valence-corrected chi connectivity index (χ2v) is 8.49. The second kappa shape index (κ2) is 9.20. The summed E-state index contributed by atoms with van der Waals surface area (Å²) in [4.78, 5) is 2.55. The van der Waals surface area contributed by atoms with Crippen molar-refractivity contribution < 1.29 is 13.3 Å². The maximum atomic E-state index is 10.6. The Morgan fingerprint density at radius 1 is 0.944 bits per heavy atom. The molecule has 18 heavy (non-hydrogen) atoms. The lowest BCUT2D eigenvalue weighted by Gasteiger charge is -2.13. The standard InChI is InChI=1S/C12H25NO3S2/c14-18(15,16)17-12-8-4-2-1-3-5-9-13-10-6-7-11-13/h1-12H2,(H-,14,15,16)/p+1. The summed E-state index contributed by atoms with van der Waals surface area (Å²) in [5, 5.41) is 0. The lowest BCUT2D eigenvalue weighted by atomic mass is 10.1. The van der Waals surface area contributed by atoms with Crippen LogP contribution in [0.5, 0.6) is 0 Å². The zero-order chi connectivity index (χ0) is 13.3. The predicted octanol–water partition coefficient (Wildman–Crippen LogP) is 2.65. The topological polar surface area (TPSA) is 60.8 Å². The molecule has 1 aliphatic rings. The van der Waals surface area contributed by atoms with E-state index >= 15 is 0 Å². The van der Waals surface area contributed by atoms with Gasteiger partial charge < -0.3 is 4.90 Å². The fraction of sp³-hybridized carbons (Fsp3) is 1.00. The van der Waals surface area contributed by atoms with Crippen LogP contribution in [0.25, 0.3) is 0 Å². The number of unbranched alkanes of at least 4 members (excludes halogenated alkanes) is 5. The van der Waals surface area contributed by atoms with Crippen molar-refractivity contribution in [3.63, 3.8) is 0 Å². The molecule has 1 fully saturated rings. The van der Waals surface area contributed by atoms with Crippen molar-refractivity contribution in [2.45, 2.75) is 51.4 Å². The Morgan fingerprint density at radius 3 is 2.11 bits per heavy atom. The van der Waals surface area contributed by atoms with E-state index in [1.54, 1.807) is 0 Å². The SMILES string of the molecule is O=S(O)(O)=[S+]CCCCCCCCN1CCCC1. The summed E-state index contributed by atoms with van der Waals surface area (Å²) in [6, 6.07) is 0. The van der Waals surface area contributed by atoms with Crippen molar-refractivity contribution in [2.24, 2.45) is 0 Å². The van der Waals surface area contributed by atoms with Gasteiger partial charge in [-0.05, 0) is 45.3 Å². The van der Waals surface area contributed by atoms with Crippen LogP contribution in [0, 0.1) is 0 Å². The van der Waals surface area contributed by atoms with Gasteiger partial charge >= 0.3 is 9.05 Å². The minimum atomic E-state index is -3.57. The molecule has 0 saturated carbocycles. The van der Waals surface area contributed by atoms with Gasteiger partial charge in [-0.15, -0.1) is 0 Å². The lowest BCUT2D eigenvalue weighted by molar-refractivity contribution is 0.327. The van der Waals surface area contributed by atoms with Crippen LogP contribution in [-0.2, 0) is 19.4 Å². The van der Waals surface area contributed by atoms with E-state index < -0.39 is 9.05 Å². The van der Waals surface area contributed by atoms with Crippen LogP contribution >= 0.6 is 0 Å². The quantitative estimate of drug-likeness (QED) is 0.507. The first-order valence-corrected chi connectivity index (χ1v) is 9.91. The van der Waals surface area contributed by atoms with Crippen molar-refractivity contribution >= 4 is 19.4 Å². The van der Waals surface area contributed by atoms with E-state index in [1.165, 1.54) is 58.2 Å². The molecule has 0 spiro atoms. The van der Waals surface area contributed by atoms with Crippen LogP contribution in [0.15, 0.2) is 0 Å². The zero-order valence-corrected chi connectivity index (χ0v) is 12.7. The Hall–Kier alpha value is 0.250. The van der Waals surface area contributed by atoms with Gasteiger partial charge in [0.1, 0.15) is 0 Å². The minimum absolute atomic E-state index is 0.569. The molecule has 1 saturated heterocycles. The summed E-state index contributed by atoms with van der Waals surface area (Å²) in [7, 11) is -2.82. The van der Waals surface area contributed by atoms with Gasteiger partial charge in [0.2, 0.25) is 0 Å². The van der Waals surface area contributed by atoms with Gasteiger partial charge in [0.25, 0.3) is 10.3 Å². The average molecular weight is 296 g/mol. The molecule has 0 aromatic carbocycles. The molecule has 0 atom stereocenters. The van der Waals surface area contributed by atoms with Crippen molar-refractivity contribution in [1.29, 1.82) is 0 Å². The first-order chi connectivity index (χ1) is 8.58. The molecule has 1 rings (SSSR count). The Morgan fingerprint density at radius 2 is 1.50 bits per heavy atom. The van der Waals surface area contributed by atoms with Crippen molar-refractivity contribution in [3.05, 3.63) is 0 Å². The fourth-order valence-electron chi connectivity index (χ4n) is 2.32. The highest BCUT2D eigenvalue weighted by Crippen LogP contribution is 2.10. The minimum Gasteiger partial charge on any atom is -0.303 e. The van der Waals surface area contributed by atoms with Gasteiger partial charge in [-0.25, -0.2) is 0 Å². The van der Waals surface area contributed by atoms with Crippen LogP contribution in [0.4, 0.5) is 0 Å². The molecule has 2 N–H and O–H groups in total. The number of rotatable bonds is 9. The lowest BCUT2D eigenvalue weighted by Crippen LogP contribution is -2.20. The van der Waals surface area contributed by atoms with Gasteiger partial charge in [-0.2, -0.15) is 4.21 Å². The molecule has 0 unspecified atom stereocenters. The molecule has 0 radical (unpaired) electrons. The Labute approximate surface area is 114 Å². The first kappa shape index (κ1) is 16.3. The summed E-state index contributed by atoms with van der Waals surface area (Å²) in [6.07, 6.45) is 9.79. The van der Waals surface area contributed by atoms with Crippen LogP contribution in [0.3, 0.4) is 0 Å². The Bertz CT molecular complexity index is 313. The predicted molar refractivity (Wildman–Crippen MR) is 79.0 cm³/mol. The molecular weight excluding hydrogens is 270 g/mol. The third-order valence-corrected chi connectivity index (χ3v) is 5.49. The van der Waals surface area contributed by atoms with Crippen LogP contribution in [-0.4, -0.2) is 43.6 Å². The van der Waals surface area contributed by atoms with E-state index in [0.29, 0.717) is 5.75 Å². The number of nitrogens with zero attached hydrogens (tertiary/aromatic N) is 1. The number of likely N-dealkylation sites (tertiary alicyclic amines) is 1. The van der Waals surface area contributed by atoms with E-state index in [4.69, 9.17) is 9.11 Å². The van der Waals surface area contributed by atoms with E-state index in [2.05, 4.69) is 4.90 Å². The molecule has 0 bridgehead atoms. The highest BCUT2D eigenvalue weighted by atomic mass is 32.9. The molecule has 0 amide bonds. The van der Waals surface area contributed by atoms with E-state index in [9.17, 15) is 4.21 Å². The third kappa shape index (κ3) is 9.22. The maximum absolute atomic E-state index is 10.6. The van der Waals surface area contributed by atoms with Gasteiger partial charge in [0.15, 0.2) is 5.75 Å². The third-order valence-electron chi connectivity index (χ3n) is 3.30. The van der Waals surface area contributed by atoms with Crippen molar-refractivity contribution in [2.75, 3.05) is 25.4 Å². The van der Waals surface area contributed by atoms with Gasteiger partial charge in [0.05, 0.1) is 0 Å². The molecule has 1 aliphatic heterocycles. The molecule has 0 aromatic rings. The Balaban J connectivity index is 1.82. The number of hydrogen-bond donors (Lipinski definition) is 2. The summed E-state index contributed by atoms with van der Waals surface area (Å²) in [5.74, 6) is 0.569. The van der Waals surface area contributed by atoms with Crippen LogP contribution in [0.1, 0.15) is 51.4 Å². The zero-order valence-electron chi connectivity index (χ0n) is 11.1. The highest BCUT2D eigenvalue weighted by molar-refractivity contribution is 8.34. The largest absolute Gasteiger partial charge is 0.430 e.